The molecule has 0 bridgehead atoms. The fourth-order valence-corrected chi connectivity index (χ4v) is 3.39. The summed E-state index contributed by atoms with van der Waals surface area (Å²) in [5.74, 6) is 1.55. The van der Waals surface area contributed by atoms with Crippen molar-refractivity contribution in [2.45, 2.75) is 25.8 Å². The maximum Gasteiger partial charge on any atom is 0.160 e. The molecule has 0 unspecified atom stereocenters. The fraction of sp³-hybridized carbons (Fsp3) is 0.400. The SMILES string of the molecule is COc1ccc(CN2CCC(Cc3ccccc3)CC2)cc1O. The Morgan fingerprint density at radius 3 is 2.43 bits per heavy atom. The van der Waals surface area contributed by atoms with Crippen molar-refractivity contribution in [2.75, 3.05) is 20.2 Å². The van der Waals surface area contributed by atoms with E-state index in [1.54, 1.807) is 7.11 Å². The molecule has 0 aromatic heterocycles. The predicted octanol–water partition coefficient (Wildman–Crippen LogP) is 3.86. The Kier molecular flexibility index (Phi) is 5.19. The van der Waals surface area contributed by atoms with Crippen molar-refractivity contribution in [1.82, 2.24) is 4.90 Å². The van der Waals surface area contributed by atoms with Gasteiger partial charge in [0, 0.05) is 6.54 Å². The Morgan fingerprint density at radius 1 is 1.04 bits per heavy atom. The molecule has 3 heteroatoms. The van der Waals surface area contributed by atoms with E-state index in [1.807, 2.05) is 18.2 Å². The number of benzene rings is 2. The highest BCUT2D eigenvalue weighted by atomic mass is 16.5. The van der Waals surface area contributed by atoms with Crippen LogP contribution in [0.2, 0.25) is 0 Å². The van der Waals surface area contributed by atoms with Crippen LogP contribution in [-0.4, -0.2) is 30.2 Å². The molecule has 1 saturated heterocycles. The number of phenolic OH excluding ortho intramolecular Hbond substituents is 1. The van der Waals surface area contributed by atoms with Gasteiger partial charge in [-0.2, -0.15) is 0 Å². The highest BCUT2D eigenvalue weighted by Crippen LogP contribution is 2.28. The minimum atomic E-state index is 0.226. The summed E-state index contributed by atoms with van der Waals surface area (Å²) < 4.78 is 5.10. The number of hydrogen-bond donors (Lipinski definition) is 1. The number of ether oxygens (including phenoxy) is 1. The first-order valence-electron chi connectivity index (χ1n) is 8.37. The van der Waals surface area contributed by atoms with Crippen LogP contribution in [0.1, 0.15) is 24.0 Å². The third-order valence-electron chi connectivity index (χ3n) is 4.72. The maximum atomic E-state index is 9.88. The van der Waals surface area contributed by atoms with E-state index < -0.39 is 0 Å². The molecule has 0 spiro atoms. The van der Waals surface area contributed by atoms with Gasteiger partial charge in [-0.1, -0.05) is 36.4 Å². The van der Waals surface area contributed by atoms with Gasteiger partial charge >= 0.3 is 0 Å². The molecule has 0 aliphatic carbocycles. The first-order chi connectivity index (χ1) is 11.2. The van der Waals surface area contributed by atoms with E-state index in [0.29, 0.717) is 5.75 Å². The zero-order valence-electron chi connectivity index (χ0n) is 13.7. The van der Waals surface area contributed by atoms with Gasteiger partial charge in [-0.05, 0) is 61.5 Å². The molecule has 0 saturated carbocycles. The van der Waals surface area contributed by atoms with Gasteiger partial charge < -0.3 is 9.84 Å². The van der Waals surface area contributed by atoms with E-state index in [-0.39, 0.29) is 5.75 Å². The molecule has 3 nitrogen and oxygen atoms in total. The third-order valence-corrected chi connectivity index (χ3v) is 4.72. The van der Waals surface area contributed by atoms with Gasteiger partial charge in [-0.15, -0.1) is 0 Å². The monoisotopic (exact) mass is 311 g/mol. The molecule has 1 aliphatic heterocycles. The molecule has 3 rings (SSSR count). The maximum absolute atomic E-state index is 9.88. The molecule has 122 valence electrons. The summed E-state index contributed by atoms with van der Waals surface area (Å²) in [4.78, 5) is 2.47. The van der Waals surface area contributed by atoms with Crippen molar-refractivity contribution in [3.05, 3.63) is 59.7 Å². The van der Waals surface area contributed by atoms with Crippen molar-refractivity contribution in [1.29, 1.82) is 0 Å². The number of rotatable bonds is 5. The van der Waals surface area contributed by atoms with Crippen LogP contribution in [0.4, 0.5) is 0 Å². The molecule has 2 aromatic carbocycles. The number of hydrogen-bond acceptors (Lipinski definition) is 3. The standard InChI is InChI=1S/C20H25NO2/c1-23-20-8-7-18(14-19(20)22)15-21-11-9-17(10-12-21)13-16-5-3-2-4-6-16/h2-8,14,17,22H,9-13,15H2,1H3. The Labute approximate surface area is 138 Å². The zero-order valence-corrected chi connectivity index (χ0v) is 13.7. The quantitative estimate of drug-likeness (QED) is 0.910. The van der Waals surface area contributed by atoms with Gasteiger partial charge in [0.25, 0.3) is 0 Å². The first kappa shape index (κ1) is 15.9. The lowest BCUT2D eigenvalue weighted by atomic mass is 9.90. The van der Waals surface area contributed by atoms with Crippen LogP contribution in [0.15, 0.2) is 48.5 Å². The lowest BCUT2D eigenvalue weighted by molar-refractivity contribution is 0.177. The van der Waals surface area contributed by atoms with Crippen molar-refractivity contribution in [3.63, 3.8) is 0 Å². The Balaban J connectivity index is 1.50. The molecule has 1 N–H and O–H groups in total. The smallest absolute Gasteiger partial charge is 0.160 e. The lowest BCUT2D eigenvalue weighted by Gasteiger charge is -2.32. The van der Waals surface area contributed by atoms with Crippen molar-refractivity contribution in [3.8, 4) is 11.5 Å². The summed E-state index contributed by atoms with van der Waals surface area (Å²) in [5.41, 5.74) is 2.59. The molecular weight excluding hydrogens is 286 g/mol. The molecular formula is C20H25NO2. The van der Waals surface area contributed by atoms with Gasteiger partial charge in [-0.3, -0.25) is 4.90 Å². The van der Waals surface area contributed by atoms with Gasteiger partial charge in [0.05, 0.1) is 7.11 Å². The van der Waals surface area contributed by atoms with E-state index >= 15 is 0 Å². The van der Waals surface area contributed by atoms with Crippen LogP contribution >= 0.6 is 0 Å². The minimum Gasteiger partial charge on any atom is -0.504 e. The van der Waals surface area contributed by atoms with Crippen LogP contribution in [0, 0.1) is 5.92 Å². The van der Waals surface area contributed by atoms with Crippen LogP contribution in [0.25, 0.3) is 0 Å². The molecule has 23 heavy (non-hydrogen) atoms. The lowest BCUT2D eigenvalue weighted by Crippen LogP contribution is -2.33. The van der Waals surface area contributed by atoms with Gasteiger partial charge in [-0.25, -0.2) is 0 Å². The highest BCUT2D eigenvalue weighted by molar-refractivity contribution is 5.41. The first-order valence-corrected chi connectivity index (χ1v) is 8.37. The Bertz CT molecular complexity index is 619. The van der Waals surface area contributed by atoms with Crippen LogP contribution in [0.5, 0.6) is 11.5 Å². The second kappa shape index (κ2) is 7.51. The highest BCUT2D eigenvalue weighted by Gasteiger charge is 2.19. The molecule has 0 radical (unpaired) electrons. The molecule has 2 aromatic rings. The average Bonchev–Trinajstić information content (AvgIpc) is 2.58. The second-order valence-corrected chi connectivity index (χ2v) is 6.42. The molecule has 1 aliphatic rings. The number of likely N-dealkylation sites (tertiary alicyclic amines) is 1. The minimum absolute atomic E-state index is 0.226. The number of piperidine rings is 1. The summed E-state index contributed by atoms with van der Waals surface area (Å²) >= 11 is 0. The van der Waals surface area contributed by atoms with Crippen LogP contribution < -0.4 is 4.74 Å². The van der Waals surface area contributed by atoms with E-state index in [9.17, 15) is 5.11 Å². The summed E-state index contributed by atoms with van der Waals surface area (Å²) in [6.07, 6.45) is 3.69. The number of methoxy groups -OCH3 is 1. The average molecular weight is 311 g/mol. The largest absolute Gasteiger partial charge is 0.504 e. The number of phenols is 1. The van der Waals surface area contributed by atoms with Crippen LogP contribution in [0.3, 0.4) is 0 Å². The summed E-state index contributed by atoms with van der Waals surface area (Å²) in [6.45, 7) is 3.16. The zero-order chi connectivity index (χ0) is 16.1. The van der Waals surface area contributed by atoms with Gasteiger partial charge in [0.2, 0.25) is 0 Å². The van der Waals surface area contributed by atoms with E-state index in [0.717, 1.165) is 31.1 Å². The van der Waals surface area contributed by atoms with Crippen molar-refractivity contribution >= 4 is 0 Å². The van der Waals surface area contributed by atoms with Crippen LogP contribution in [-0.2, 0) is 13.0 Å². The number of aromatic hydroxyl groups is 1. The van der Waals surface area contributed by atoms with Gasteiger partial charge in [0.1, 0.15) is 0 Å². The van der Waals surface area contributed by atoms with E-state index in [1.165, 1.54) is 24.8 Å². The second-order valence-electron chi connectivity index (χ2n) is 6.42. The summed E-state index contributed by atoms with van der Waals surface area (Å²) in [5, 5.41) is 9.88. The third kappa shape index (κ3) is 4.26. The topological polar surface area (TPSA) is 32.7 Å². The molecule has 0 amide bonds. The van der Waals surface area contributed by atoms with Crippen molar-refractivity contribution in [2.24, 2.45) is 5.92 Å². The number of nitrogens with zero attached hydrogens (tertiary/aromatic N) is 1. The predicted molar refractivity (Wildman–Crippen MR) is 92.8 cm³/mol. The normalized spacial score (nSPS) is 16.4. The van der Waals surface area contributed by atoms with Crippen molar-refractivity contribution < 1.29 is 9.84 Å². The Hall–Kier alpha value is -2.00. The molecule has 1 heterocycles. The summed E-state index contributed by atoms with van der Waals surface area (Å²) in [7, 11) is 1.58. The van der Waals surface area contributed by atoms with E-state index in [2.05, 4.69) is 35.2 Å². The summed E-state index contributed by atoms with van der Waals surface area (Å²) in [6, 6.07) is 16.5. The molecule has 0 atom stereocenters. The Morgan fingerprint density at radius 2 is 1.78 bits per heavy atom. The van der Waals surface area contributed by atoms with Gasteiger partial charge in [0.15, 0.2) is 11.5 Å². The fourth-order valence-electron chi connectivity index (χ4n) is 3.39. The van der Waals surface area contributed by atoms with E-state index in [4.69, 9.17) is 4.74 Å². The molecule has 1 fully saturated rings.